The maximum atomic E-state index is 13.5. The topological polar surface area (TPSA) is 192 Å². The van der Waals surface area contributed by atoms with Gasteiger partial charge in [0.25, 0.3) is 0 Å². The Morgan fingerprint density at radius 3 is 2.36 bits per heavy atom. The van der Waals surface area contributed by atoms with Gasteiger partial charge in [0, 0.05) is 13.1 Å². The van der Waals surface area contributed by atoms with E-state index in [4.69, 9.17) is 4.74 Å². The second kappa shape index (κ2) is 9.74. The van der Waals surface area contributed by atoms with E-state index in [-0.39, 0.29) is 54.0 Å². The third kappa shape index (κ3) is 4.66. The minimum absolute atomic E-state index is 0.0380. The Bertz CT molecular complexity index is 2010. The zero-order chi connectivity index (χ0) is 32.7. The Labute approximate surface area is 251 Å². The van der Waals surface area contributed by atoms with Crippen molar-refractivity contribution in [2.45, 2.75) is 50.3 Å². The molecule has 1 aromatic carbocycles. The van der Waals surface area contributed by atoms with Gasteiger partial charge in [-0.3, -0.25) is 0 Å². The molecule has 2 aliphatic heterocycles. The average molecular weight is 653 g/mol. The third-order valence-corrected chi connectivity index (χ3v) is 8.31. The maximum Gasteiger partial charge on any atom is 0.534 e. The molecule has 6 rings (SSSR count). The van der Waals surface area contributed by atoms with E-state index in [1.54, 1.807) is 25.7 Å². The fourth-order valence-corrected chi connectivity index (χ4v) is 5.96. The van der Waals surface area contributed by atoms with Crippen LogP contribution in [0.4, 0.5) is 33.4 Å². The van der Waals surface area contributed by atoms with Crippen LogP contribution in [0.15, 0.2) is 30.9 Å². The van der Waals surface area contributed by atoms with E-state index in [9.17, 15) is 41.1 Å². The average Bonchev–Trinajstić information content (AvgIpc) is 3.60. The highest BCUT2D eigenvalue weighted by atomic mass is 32.2. The number of fused-ring (bicyclic) bond motifs is 5. The minimum Gasteiger partial charge on any atom is -0.465 e. The normalized spacial score (nSPS) is 16.9. The number of hydrogen-bond acceptors (Lipinski definition) is 12. The number of rotatable bonds is 3. The van der Waals surface area contributed by atoms with Gasteiger partial charge in [-0.15, -0.1) is 0 Å². The molecule has 3 aromatic heterocycles. The van der Waals surface area contributed by atoms with Gasteiger partial charge in [0.2, 0.25) is 0 Å². The smallest absolute Gasteiger partial charge is 0.465 e. The fourth-order valence-electron chi connectivity index (χ4n) is 5.49. The lowest BCUT2D eigenvalue weighted by atomic mass is 9.86. The van der Waals surface area contributed by atoms with Crippen molar-refractivity contribution in [1.29, 1.82) is 0 Å². The lowest BCUT2D eigenvalue weighted by Gasteiger charge is -2.41. The van der Waals surface area contributed by atoms with Gasteiger partial charge < -0.3 is 18.9 Å². The van der Waals surface area contributed by atoms with E-state index in [1.165, 1.54) is 18.7 Å². The number of hydrogen-bond donors (Lipinski definition) is 1. The SMILES string of the molecule is CC(C)(C)OC(=O)n1cnc2c(N3CCC4(CC3)c3nc5c(OS(=O)(=O)C(F)(F)F)cccc5n3C(=O)N4C(=O)O)ncnc21. The number of benzene rings is 1. The molecule has 16 nitrogen and oxygen atoms in total. The summed E-state index contributed by atoms with van der Waals surface area (Å²) in [5.41, 5.74) is -8.16. The van der Waals surface area contributed by atoms with E-state index in [1.807, 2.05) is 0 Å². The zero-order valence-corrected chi connectivity index (χ0v) is 24.5. The number of halogens is 3. The van der Waals surface area contributed by atoms with Crippen molar-refractivity contribution in [3.8, 4) is 5.75 Å². The largest absolute Gasteiger partial charge is 0.534 e. The van der Waals surface area contributed by atoms with E-state index in [0.29, 0.717) is 10.7 Å². The number of piperidine rings is 1. The predicted molar refractivity (Wildman–Crippen MR) is 146 cm³/mol. The number of carbonyl (C=O) groups excluding carboxylic acids is 2. The second-order valence-electron chi connectivity index (χ2n) is 11.3. The summed E-state index contributed by atoms with van der Waals surface area (Å²) < 4.78 is 74.4. The fraction of sp³-hybridized carbons (Fsp3) is 0.400. The molecule has 1 N–H and O–H groups in total. The van der Waals surface area contributed by atoms with Crippen LogP contribution in [-0.2, 0) is 20.4 Å². The van der Waals surface area contributed by atoms with Gasteiger partial charge in [-0.25, -0.2) is 48.4 Å². The molecule has 1 saturated heterocycles. The predicted octanol–water partition coefficient (Wildman–Crippen LogP) is 3.65. The van der Waals surface area contributed by atoms with E-state index >= 15 is 0 Å². The van der Waals surface area contributed by atoms with Crippen LogP contribution in [0.3, 0.4) is 0 Å². The highest BCUT2D eigenvalue weighted by molar-refractivity contribution is 7.88. The Balaban J connectivity index is 1.36. The number of para-hydroxylation sites is 1. The lowest BCUT2D eigenvalue weighted by molar-refractivity contribution is -0.0499. The molecule has 0 unspecified atom stereocenters. The highest BCUT2D eigenvalue weighted by Crippen LogP contribution is 2.47. The molecule has 0 radical (unpaired) electrons. The first-order valence-electron chi connectivity index (χ1n) is 13.2. The zero-order valence-electron chi connectivity index (χ0n) is 23.6. The van der Waals surface area contributed by atoms with Crippen molar-refractivity contribution >= 4 is 56.4 Å². The number of imidazole rings is 2. The quantitative estimate of drug-likeness (QED) is 0.249. The standard InChI is InChI=1S/C25H23F3N8O8S/c1-23(2,3)43-22(40)34-12-31-16-17(29-11-30-18(16)34)33-9-7-24(8-10-33)19-32-15-13(35(19)20(37)36(24)21(38)39)5-4-6-14(15)44-45(41,42)25(26,27)28/h4-6,11-12H,7-10H2,1-3H3,(H,38,39). The Hall–Kier alpha value is -5.01. The summed E-state index contributed by atoms with van der Waals surface area (Å²) in [5.74, 6) is -0.560. The summed E-state index contributed by atoms with van der Waals surface area (Å²) in [7, 11) is -6.07. The van der Waals surface area contributed by atoms with Crippen molar-refractivity contribution in [3.05, 3.63) is 36.7 Å². The monoisotopic (exact) mass is 652 g/mol. The Morgan fingerprint density at radius 2 is 1.73 bits per heavy atom. The maximum absolute atomic E-state index is 13.5. The Morgan fingerprint density at radius 1 is 1.04 bits per heavy atom. The van der Waals surface area contributed by atoms with Gasteiger partial charge in [0.05, 0.1) is 5.52 Å². The van der Waals surface area contributed by atoms with Gasteiger partial charge in [-0.1, -0.05) is 6.07 Å². The molecule has 1 fully saturated rings. The second-order valence-corrected chi connectivity index (χ2v) is 12.8. The number of anilines is 1. The molecule has 45 heavy (non-hydrogen) atoms. The first-order chi connectivity index (χ1) is 20.9. The molecule has 238 valence electrons. The van der Waals surface area contributed by atoms with Gasteiger partial charge in [0.1, 0.15) is 35.1 Å². The molecular formula is C25H23F3N8O8S. The van der Waals surface area contributed by atoms with Crippen molar-refractivity contribution in [3.63, 3.8) is 0 Å². The van der Waals surface area contributed by atoms with Crippen molar-refractivity contribution in [2.75, 3.05) is 18.0 Å². The van der Waals surface area contributed by atoms with Gasteiger partial charge in [-0.05, 0) is 45.7 Å². The Kier molecular flexibility index (Phi) is 6.50. The van der Waals surface area contributed by atoms with Crippen LogP contribution in [0, 0.1) is 0 Å². The van der Waals surface area contributed by atoms with E-state index in [2.05, 4.69) is 24.1 Å². The number of alkyl halides is 3. The van der Waals surface area contributed by atoms with Crippen molar-refractivity contribution in [2.24, 2.45) is 0 Å². The highest BCUT2D eigenvalue weighted by Gasteiger charge is 2.57. The van der Waals surface area contributed by atoms with Crippen molar-refractivity contribution < 1.29 is 50.0 Å². The summed E-state index contributed by atoms with van der Waals surface area (Å²) >= 11 is 0. The first kappa shape index (κ1) is 30.0. The summed E-state index contributed by atoms with van der Waals surface area (Å²) in [6.07, 6.45) is 0.0978. The van der Waals surface area contributed by atoms with Crippen LogP contribution in [0.1, 0.15) is 39.4 Å². The summed E-state index contributed by atoms with van der Waals surface area (Å²) in [5, 5.41) is 10.1. The molecule has 5 heterocycles. The number of carboxylic acid groups (broad SMARTS) is 1. The van der Waals surface area contributed by atoms with Crippen LogP contribution in [0.25, 0.3) is 22.2 Å². The molecule has 0 bridgehead atoms. The molecular weight excluding hydrogens is 629 g/mol. The van der Waals surface area contributed by atoms with Gasteiger partial charge >= 0.3 is 33.8 Å². The lowest BCUT2D eigenvalue weighted by Crippen LogP contribution is -2.53. The van der Waals surface area contributed by atoms with E-state index < -0.39 is 50.7 Å². The summed E-state index contributed by atoms with van der Waals surface area (Å²) in [6.45, 7) is 5.30. The summed E-state index contributed by atoms with van der Waals surface area (Å²) in [4.78, 5) is 58.0. The van der Waals surface area contributed by atoms with Crippen LogP contribution >= 0.6 is 0 Å². The third-order valence-electron chi connectivity index (χ3n) is 7.34. The van der Waals surface area contributed by atoms with Crippen LogP contribution < -0.4 is 9.08 Å². The van der Waals surface area contributed by atoms with E-state index in [0.717, 1.165) is 21.3 Å². The number of aromatic nitrogens is 6. The number of carbonyl (C=O) groups is 3. The van der Waals surface area contributed by atoms with Gasteiger partial charge in [0.15, 0.2) is 22.7 Å². The van der Waals surface area contributed by atoms with Crippen LogP contribution in [0.5, 0.6) is 5.75 Å². The molecule has 2 aliphatic rings. The minimum atomic E-state index is -6.07. The molecule has 2 amide bonds. The summed E-state index contributed by atoms with van der Waals surface area (Å²) in [6, 6.07) is 2.34. The molecule has 20 heteroatoms. The first-order valence-corrected chi connectivity index (χ1v) is 14.6. The molecule has 4 aromatic rings. The number of amides is 2. The van der Waals surface area contributed by atoms with Gasteiger partial charge in [-0.2, -0.15) is 21.6 Å². The number of imide groups is 1. The van der Waals surface area contributed by atoms with Crippen LogP contribution in [-0.4, -0.2) is 89.9 Å². The van der Waals surface area contributed by atoms with Crippen molar-refractivity contribution in [1.82, 2.24) is 34.0 Å². The molecule has 0 aliphatic carbocycles. The molecule has 0 saturated carbocycles. The number of ether oxygens (including phenoxy) is 1. The van der Waals surface area contributed by atoms with Crippen LogP contribution in [0.2, 0.25) is 0 Å². The number of nitrogens with zero attached hydrogens (tertiary/aromatic N) is 8. The molecule has 0 atom stereocenters. The molecule has 1 spiro atoms.